The largest absolute Gasteiger partial charge is 0.354 e. The van der Waals surface area contributed by atoms with E-state index in [9.17, 15) is 0 Å². The molecule has 1 N–H and O–H groups in total. The Morgan fingerprint density at radius 3 is 1.19 bits per heavy atom. The summed E-state index contributed by atoms with van der Waals surface area (Å²) < 4.78 is 2.56. The summed E-state index contributed by atoms with van der Waals surface area (Å²) >= 11 is 0. The van der Waals surface area contributed by atoms with E-state index in [0.717, 1.165) is 101 Å². The number of rotatable bonds is 10. The van der Waals surface area contributed by atoms with Gasteiger partial charge in [-0.3, -0.25) is 0 Å². The average Bonchev–Trinajstić information content (AvgIpc) is 1.67. The van der Waals surface area contributed by atoms with E-state index < -0.39 is 0 Å². The first-order valence-corrected chi connectivity index (χ1v) is 41.2. The molecule has 0 saturated heterocycles. The highest BCUT2D eigenvalue weighted by Crippen LogP contribution is 2.56. The van der Waals surface area contributed by atoms with Crippen LogP contribution in [-0.2, 0) is 27.1 Å². The maximum atomic E-state index is 4.40. The van der Waals surface area contributed by atoms with Crippen molar-refractivity contribution in [3.63, 3.8) is 0 Å². The summed E-state index contributed by atoms with van der Waals surface area (Å²) in [4.78, 5) is 9.82. The van der Waals surface area contributed by atoms with Crippen LogP contribution >= 0.6 is 0 Å². The van der Waals surface area contributed by atoms with E-state index in [-0.39, 0.29) is 33.8 Å². The molecule has 0 atom stereocenters. The second kappa shape index (κ2) is 27.1. The fraction of sp³-hybridized carbons (Fsp3) is 0.182. The Hall–Kier alpha value is -12.4. The third-order valence-corrected chi connectivity index (χ3v) is 24.7. The number of nitrogens with zero attached hydrogens (tertiary/aromatic N) is 3. The molecule has 4 nitrogen and oxygen atoms in total. The molecule has 5 heteroatoms. The van der Waals surface area contributed by atoms with Crippen molar-refractivity contribution in [1.82, 2.24) is 9.55 Å². The van der Waals surface area contributed by atoms with Crippen molar-refractivity contribution in [3.05, 3.63) is 349 Å². The molecule has 0 amide bonds. The summed E-state index contributed by atoms with van der Waals surface area (Å²) in [5.74, 6) is 0. The number of anilines is 6. The van der Waals surface area contributed by atoms with Crippen LogP contribution in [0.3, 0.4) is 0 Å². The van der Waals surface area contributed by atoms with Crippen molar-refractivity contribution in [3.8, 4) is 83.6 Å². The molecule has 2 aliphatic heterocycles. The minimum absolute atomic E-state index is 0.0644. The van der Waals surface area contributed by atoms with Gasteiger partial charge in [-0.05, 0) is 205 Å². The minimum atomic E-state index is -0.274. The first-order chi connectivity index (χ1) is 55.2. The van der Waals surface area contributed by atoms with Gasteiger partial charge >= 0.3 is 0 Å². The first kappa shape index (κ1) is 72.8. The highest BCUT2D eigenvalue weighted by Gasteiger charge is 2.47. The maximum Gasteiger partial charge on any atom is 0.252 e. The van der Waals surface area contributed by atoms with E-state index in [1.54, 1.807) is 0 Å². The number of hydrogen-bond acceptors (Lipinski definition) is 2. The van der Waals surface area contributed by atoms with Gasteiger partial charge in [-0.2, -0.15) is 0 Å². The Morgan fingerprint density at radius 1 is 0.252 bits per heavy atom. The normalized spacial score (nSPS) is 13.1. The molecule has 0 unspecified atom stereocenters. The standard InChI is InChI=1S/C110H99BN4/c1-106(2,3)76-50-57-96-91(63-76)92-64-77(107(4,5)6)51-58-97(92)113(96)82-54-56-94-99(67-82)114(81-52-47-70(48-53-81)69-33-20-16-21-34-69)105-101-88-46-32-45-87(86-44-31-30-43-85(86)84-42-29-28-41-83(84)71-35-22-17-23-36-71)103(88)112-95(101)68-100-102(105)111(94)93-55-49-74(75-59-78(108(7,8)9)62-79(60-75)109(10,11)12)61-98(93)115(100)104-89(72-37-24-18-25-38-72)65-80(110(13,14)15)66-90(104)73-39-26-19-27-40-73/h16-68,112H,1-15H3. The summed E-state index contributed by atoms with van der Waals surface area (Å²) in [6.07, 6.45) is 0. The fourth-order valence-electron chi connectivity index (χ4n) is 18.4. The predicted molar refractivity (Wildman–Crippen MR) is 496 cm³/mol. The lowest BCUT2D eigenvalue weighted by atomic mass is 9.33. The van der Waals surface area contributed by atoms with Gasteiger partial charge in [0.25, 0.3) is 6.71 Å². The quantitative estimate of drug-likeness (QED) is 0.138. The van der Waals surface area contributed by atoms with Crippen LogP contribution in [0.2, 0.25) is 0 Å². The second-order valence-corrected chi connectivity index (χ2v) is 37.4. The van der Waals surface area contributed by atoms with Gasteiger partial charge in [-0.1, -0.05) is 353 Å². The van der Waals surface area contributed by atoms with Crippen molar-refractivity contribution in [1.29, 1.82) is 0 Å². The molecule has 19 rings (SSSR count). The Kier molecular flexibility index (Phi) is 17.2. The Bertz CT molecular complexity index is 6540. The SMILES string of the molecule is CC(C)(C)c1cc(-c2ccc3c(c2)N(c2c(-c4ccccc4)cc(C(C)(C)C)cc2-c2ccccc2)c2cc4[nH]c5c(-c6ccccc6-c6ccccc6-c6ccccc6)cccc5c4c4c2B3c2ccc(-n3c5ccc(C(C)(C)C)cc5c5cc(C(C)(C)C)ccc53)cc2N4c2ccc(-c3ccccc3)cc2)cc(C(C)(C)C)c1. The third kappa shape index (κ3) is 12.5. The zero-order chi connectivity index (χ0) is 79.4. The van der Waals surface area contributed by atoms with Crippen LogP contribution < -0.4 is 26.2 Å². The molecule has 0 spiro atoms. The van der Waals surface area contributed by atoms with E-state index >= 15 is 0 Å². The summed E-state index contributed by atoms with van der Waals surface area (Å²) in [6.45, 7) is 35.0. The van der Waals surface area contributed by atoms with Gasteiger partial charge in [-0.25, -0.2) is 0 Å². The molecule has 0 saturated carbocycles. The number of hydrogen-bond donors (Lipinski definition) is 1. The number of para-hydroxylation sites is 1. The van der Waals surface area contributed by atoms with Crippen LogP contribution in [0.4, 0.5) is 34.1 Å². The highest BCUT2D eigenvalue weighted by molar-refractivity contribution is 7.00. The smallest absolute Gasteiger partial charge is 0.252 e. The summed E-state index contributed by atoms with van der Waals surface area (Å²) in [7, 11) is 0. The second-order valence-electron chi connectivity index (χ2n) is 37.4. The van der Waals surface area contributed by atoms with Crippen molar-refractivity contribution < 1.29 is 0 Å². The first-order valence-electron chi connectivity index (χ1n) is 41.2. The molecule has 17 aromatic rings. The van der Waals surface area contributed by atoms with Crippen LogP contribution in [0, 0.1) is 0 Å². The third-order valence-electron chi connectivity index (χ3n) is 24.7. The van der Waals surface area contributed by atoms with Crippen molar-refractivity contribution in [2.24, 2.45) is 0 Å². The summed E-state index contributed by atoms with van der Waals surface area (Å²) in [5, 5.41) is 4.83. The lowest BCUT2D eigenvalue weighted by Crippen LogP contribution is -2.61. The highest BCUT2D eigenvalue weighted by atomic mass is 15.2. The van der Waals surface area contributed by atoms with E-state index in [2.05, 4.69) is 445 Å². The fourth-order valence-corrected chi connectivity index (χ4v) is 18.4. The summed E-state index contributed by atoms with van der Waals surface area (Å²) in [5.41, 5.74) is 38.4. The number of H-pyrrole nitrogens is 1. The van der Waals surface area contributed by atoms with Crippen LogP contribution in [0.5, 0.6) is 0 Å². The molecular formula is C110H99BN4. The predicted octanol–water partition coefficient (Wildman–Crippen LogP) is 28.7. The zero-order valence-electron chi connectivity index (χ0n) is 69.0. The van der Waals surface area contributed by atoms with Gasteiger partial charge < -0.3 is 19.4 Å². The van der Waals surface area contributed by atoms with Gasteiger partial charge in [0.15, 0.2) is 0 Å². The number of nitrogens with one attached hydrogen (secondary N) is 1. The topological polar surface area (TPSA) is 27.2 Å². The number of fused-ring (bicyclic) bond motifs is 11. The van der Waals surface area contributed by atoms with E-state index in [1.807, 2.05) is 0 Å². The Morgan fingerprint density at radius 2 is 0.670 bits per heavy atom. The monoisotopic (exact) mass is 1490 g/mol. The molecular weight excluding hydrogens is 1390 g/mol. The van der Waals surface area contributed by atoms with Crippen LogP contribution in [0.15, 0.2) is 322 Å². The van der Waals surface area contributed by atoms with Crippen molar-refractivity contribution in [2.45, 2.75) is 131 Å². The molecule has 115 heavy (non-hydrogen) atoms. The lowest BCUT2D eigenvalue weighted by Gasteiger charge is -2.45. The van der Waals surface area contributed by atoms with Crippen LogP contribution in [-0.4, -0.2) is 16.3 Å². The Balaban J connectivity index is 0.985. The van der Waals surface area contributed by atoms with Crippen LogP contribution in [0.1, 0.15) is 132 Å². The molecule has 4 heterocycles. The van der Waals surface area contributed by atoms with Gasteiger partial charge in [-0.15, -0.1) is 0 Å². The van der Waals surface area contributed by atoms with Crippen molar-refractivity contribution >= 4 is 101 Å². The summed E-state index contributed by atoms with van der Waals surface area (Å²) in [6, 6.07) is 123. The van der Waals surface area contributed by atoms with Gasteiger partial charge in [0.05, 0.1) is 33.4 Å². The number of aromatic amines is 1. The molecule has 0 fully saturated rings. The molecule has 2 aliphatic rings. The molecule has 2 aromatic heterocycles. The van der Waals surface area contributed by atoms with E-state index in [1.165, 1.54) is 105 Å². The van der Waals surface area contributed by atoms with Gasteiger partial charge in [0, 0.05) is 66.7 Å². The molecule has 15 aromatic carbocycles. The zero-order valence-corrected chi connectivity index (χ0v) is 69.0. The number of benzene rings is 15. The van der Waals surface area contributed by atoms with E-state index in [4.69, 9.17) is 0 Å². The van der Waals surface area contributed by atoms with Gasteiger partial charge in [0.1, 0.15) is 0 Å². The molecule has 562 valence electrons. The van der Waals surface area contributed by atoms with Gasteiger partial charge in [0.2, 0.25) is 0 Å². The lowest BCUT2D eigenvalue weighted by molar-refractivity contribution is 0.569. The molecule has 0 bridgehead atoms. The Labute approximate surface area is 679 Å². The molecule has 0 radical (unpaired) electrons. The minimum Gasteiger partial charge on any atom is -0.354 e. The van der Waals surface area contributed by atoms with Crippen molar-refractivity contribution in [2.75, 3.05) is 9.80 Å². The molecule has 0 aliphatic carbocycles. The van der Waals surface area contributed by atoms with E-state index in [0.29, 0.717) is 0 Å². The number of aromatic nitrogens is 2. The maximum absolute atomic E-state index is 4.40. The van der Waals surface area contributed by atoms with Crippen LogP contribution in [0.25, 0.3) is 127 Å². The average molecular weight is 1490 g/mol.